The number of hydrogen-bond donors (Lipinski definition) is 1. The molecule has 0 saturated heterocycles. The van der Waals surface area contributed by atoms with E-state index in [1.54, 1.807) is 18.5 Å². The molecule has 0 fully saturated rings. The first kappa shape index (κ1) is 10.5. The van der Waals surface area contributed by atoms with Crippen LogP contribution in [-0.4, -0.2) is 14.8 Å². The lowest BCUT2D eigenvalue weighted by molar-refractivity contribution is 0.637. The summed E-state index contributed by atoms with van der Waals surface area (Å²) in [6, 6.07) is 6.83. The van der Waals surface area contributed by atoms with Gasteiger partial charge in [0.1, 0.15) is 0 Å². The lowest BCUT2D eigenvalue weighted by atomic mass is 10.2. The molecule has 0 bridgehead atoms. The van der Waals surface area contributed by atoms with E-state index < -0.39 is 0 Å². The lowest BCUT2D eigenvalue weighted by Gasteiger charge is -2.04. The van der Waals surface area contributed by atoms with Gasteiger partial charge in [-0.25, -0.2) is 4.68 Å². The average Bonchev–Trinajstić information content (AvgIpc) is 2.32. The maximum atomic E-state index is 11.4. The van der Waals surface area contributed by atoms with Crippen LogP contribution in [0.1, 0.15) is 11.3 Å². The molecule has 0 amide bonds. The Morgan fingerprint density at radius 3 is 2.94 bits per heavy atom. The normalized spacial score (nSPS) is 10.3. The maximum absolute atomic E-state index is 11.4. The van der Waals surface area contributed by atoms with Crippen LogP contribution in [0.3, 0.4) is 0 Å². The quantitative estimate of drug-likeness (QED) is 0.792. The van der Waals surface area contributed by atoms with Gasteiger partial charge in [-0.1, -0.05) is 0 Å². The van der Waals surface area contributed by atoms with Gasteiger partial charge in [0.05, 0.1) is 12.2 Å². The van der Waals surface area contributed by atoms with Crippen LogP contribution in [0.25, 0.3) is 0 Å². The minimum absolute atomic E-state index is 0.117. The fraction of sp³-hybridized carbons (Fsp3) is 0.182. The molecule has 0 aromatic carbocycles. The molecule has 82 valence electrons. The zero-order chi connectivity index (χ0) is 11.4. The topological polar surface area (TPSA) is 73.8 Å². The van der Waals surface area contributed by atoms with Crippen molar-refractivity contribution in [1.29, 1.82) is 0 Å². The number of nitrogens with zero attached hydrogens (tertiary/aromatic N) is 3. The Bertz CT molecular complexity index is 535. The van der Waals surface area contributed by atoms with Gasteiger partial charge in [0.15, 0.2) is 0 Å². The first-order valence-electron chi connectivity index (χ1n) is 4.95. The third-order valence-corrected chi connectivity index (χ3v) is 2.21. The summed E-state index contributed by atoms with van der Waals surface area (Å²) in [7, 11) is 0. The van der Waals surface area contributed by atoms with Crippen LogP contribution in [0.15, 0.2) is 41.5 Å². The number of aromatic nitrogens is 3. The molecule has 5 heteroatoms. The van der Waals surface area contributed by atoms with Crippen molar-refractivity contribution in [3.63, 3.8) is 0 Å². The Morgan fingerprint density at radius 2 is 2.19 bits per heavy atom. The second kappa shape index (κ2) is 4.67. The monoisotopic (exact) mass is 216 g/mol. The minimum atomic E-state index is -0.117. The summed E-state index contributed by atoms with van der Waals surface area (Å²) in [6.45, 7) is 0.833. The van der Waals surface area contributed by atoms with Crippen molar-refractivity contribution in [3.8, 4) is 0 Å². The third-order valence-electron chi connectivity index (χ3n) is 2.21. The van der Waals surface area contributed by atoms with E-state index in [2.05, 4.69) is 10.1 Å². The van der Waals surface area contributed by atoms with E-state index in [0.717, 1.165) is 11.3 Å². The second-order valence-electron chi connectivity index (χ2n) is 3.38. The molecule has 0 aliphatic carbocycles. The van der Waals surface area contributed by atoms with Crippen molar-refractivity contribution >= 4 is 0 Å². The molecule has 0 unspecified atom stereocenters. The lowest BCUT2D eigenvalue weighted by Crippen LogP contribution is -2.21. The van der Waals surface area contributed by atoms with Gasteiger partial charge in [-0.05, 0) is 23.8 Å². The van der Waals surface area contributed by atoms with Crippen molar-refractivity contribution in [3.05, 3.63) is 58.3 Å². The van der Waals surface area contributed by atoms with Crippen LogP contribution in [0.4, 0.5) is 0 Å². The Balaban J connectivity index is 2.27. The zero-order valence-corrected chi connectivity index (χ0v) is 8.71. The van der Waals surface area contributed by atoms with Gasteiger partial charge >= 0.3 is 0 Å². The summed E-state index contributed by atoms with van der Waals surface area (Å²) in [5.41, 5.74) is 7.15. The van der Waals surface area contributed by atoms with Crippen LogP contribution in [-0.2, 0) is 13.1 Å². The van der Waals surface area contributed by atoms with E-state index in [1.165, 1.54) is 10.7 Å². The number of hydrogen-bond acceptors (Lipinski definition) is 4. The van der Waals surface area contributed by atoms with Gasteiger partial charge < -0.3 is 5.73 Å². The second-order valence-corrected chi connectivity index (χ2v) is 3.38. The smallest absolute Gasteiger partial charge is 0.267 e. The largest absolute Gasteiger partial charge is 0.325 e. The summed E-state index contributed by atoms with van der Waals surface area (Å²) in [5.74, 6) is 0. The van der Waals surface area contributed by atoms with Crippen molar-refractivity contribution in [2.24, 2.45) is 5.73 Å². The van der Waals surface area contributed by atoms with Crippen LogP contribution < -0.4 is 11.3 Å². The molecule has 0 aliphatic rings. The summed E-state index contributed by atoms with van der Waals surface area (Å²) < 4.78 is 1.40. The highest BCUT2D eigenvalue weighted by Crippen LogP contribution is 2.01. The molecule has 2 rings (SSSR count). The van der Waals surface area contributed by atoms with Gasteiger partial charge in [-0.2, -0.15) is 5.10 Å². The van der Waals surface area contributed by atoms with Crippen molar-refractivity contribution in [1.82, 2.24) is 14.8 Å². The number of pyridine rings is 1. The van der Waals surface area contributed by atoms with Crippen LogP contribution in [0, 0.1) is 0 Å². The van der Waals surface area contributed by atoms with E-state index in [-0.39, 0.29) is 5.56 Å². The van der Waals surface area contributed by atoms with Crippen LogP contribution in [0.2, 0.25) is 0 Å². The fourth-order valence-corrected chi connectivity index (χ4v) is 1.42. The summed E-state index contributed by atoms with van der Waals surface area (Å²) in [5, 5.41) is 3.98. The molecular formula is C11H12N4O. The van der Waals surface area contributed by atoms with Crippen LogP contribution in [0.5, 0.6) is 0 Å². The maximum Gasteiger partial charge on any atom is 0.267 e. The molecular weight excluding hydrogens is 204 g/mol. The van der Waals surface area contributed by atoms with Gasteiger partial charge in [-0.15, -0.1) is 0 Å². The van der Waals surface area contributed by atoms with Gasteiger partial charge in [0.2, 0.25) is 0 Å². The highest BCUT2D eigenvalue weighted by Gasteiger charge is 1.99. The Morgan fingerprint density at radius 1 is 1.31 bits per heavy atom. The summed E-state index contributed by atoms with van der Waals surface area (Å²) in [4.78, 5) is 15.5. The molecule has 16 heavy (non-hydrogen) atoms. The molecule has 5 nitrogen and oxygen atoms in total. The van der Waals surface area contributed by atoms with Gasteiger partial charge in [0, 0.05) is 25.0 Å². The van der Waals surface area contributed by atoms with Gasteiger partial charge in [0.25, 0.3) is 5.56 Å². The first-order valence-corrected chi connectivity index (χ1v) is 4.95. The molecule has 0 spiro atoms. The number of nitrogens with two attached hydrogens (primary N) is 1. The van der Waals surface area contributed by atoms with Crippen molar-refractivity contribution < 1.29 is 0 Å². The van der Waals surface area contributed by atoms with Crippen molar-refractivity contribution in [2.45, 2.75) is 13.1 Å². The molecule has 2 aromatic rings. The fourth-order valence-electron chi connectivity index (χ4n) is 1.42. The SMILES string of the molecule is NCc1cc(Cn2ncccc2=O)ccn1. The molecule has 2 N–H and O–H groups in total. The van der Waals surface area contributed by atoms with E-state index in [1.807, 2.05) is 12.1 Å². The summed E-state index contributed by atoms with van der Waals surface area (Å²) in [6.07, 6.45) is 3.28. The van der Waals surface area contributed by atoms with Crippen molar-refractivity contribution in [2.75, 3.05) is 0 Å². The van der Waals surface area contributed by atoms with E-state index in [9.17, 15) is 4.79 Å². The minimum Gasteiger partial charge on any atom is -0.325 e. The van der Waals surface area contributed by atoms with E-state index >= 15 is 0 Å². The third kappa shape index (κ3) is 2.32. The molecule has 0 aliphatic heterocycles. The molecule has 0 atom stereocenters. The Hall–Kier alpha value is -2.01. The number of rotatable bonds is 3. The Labute approximate surface area is 92.6 Å². The van der Waals surface area contributed by atoms with Crippen LogP contribution >= 0.6 is 0 Å². The predicted molar refractivity (Wildman–Crippen MR) is 59.7 cm³/mol. The van der Waals surface area contributed by atoms with E-state index in [0.29, 0.717) is 13.1 Å². The zero-order valence-electron chi connectivity index (χ0n) is 8.71. The predicted octanol–water partition coefficient (Wildman–Crippen LogP) is 0.145. The molecule has 0 saturated carbocycles. The highest BCUT2D eigenvalue weighted by molar-refractivity contribution is 5.16. The first-order chi connectivity index (χ1) is 7.79. The molecule has 2 aromatic heterocycles. The molecule has 0 radical (unpaired) electrons. The van der Waals surface area contributed by atoms with E-state index in [4.69, 9.17) is 5.73 Å². The van der Waals surface area contributed by atoms with Gasteiger partial charge in [-0.3, -0.25) is 9.78 Å². The highest BCUT2D eigenvalue weighted by atomic mass is 16.1. The molecule has 2 heterocycles. The average molecular weight is 216 g/mol. The standard InChI is InChI=1S/C11H12N4O/c12-7-10-6-9(3-5-13-10)8-15-11(16)2-1-4-14-15/h1-6H,7-8,12H2. The summed E-state index contributed by atoms with van der Waals surface area (Å²) >= 11 is 0. The Kier molecular flexibility index (Phi) is 3.07.